The molecule has 0 bridgehead atoms. The number of halogens is 1. The van der Waals surface area contributed by atoms with E-state index in [1.807, 2.05) is 13.8 Å². The van der Waals surface area contributed by atoms with Gasteiger partial charge >= 0.3 is 0 Å². The van der Waals surface area contributed by atoms with E-state index < -0.39 is 0 Å². The average Bonchev–Trinajstić information content (AvgIpc) is 1.86. The summed E-state index contributed by atoms with van der Waals surface area (Å²) in [4.78, 5) is 11.2. The number of hydrogen-bond acceptors (Lipinski definition) is 1. The maximum atomic E-state index is 11.2. The summed E-state index contributed by atoms with van der Waals surface area (Å²) in [5, 5.41) is 0. The first-order chi connectivity index (χ1) is 4.54. The Hall–Kier alpha value is 0.150. The van der Waals surface area contributed by atoms with Crippen LogP contribution in [0.1, 0.15) is 40.0 Å². The highest BCUT2D eigenvalue weighted by atomic mass is 79.9. The van der Waals surface area contributed by atoms with Crippen molar-refractivity contribution in [2.45, 2.75) is 44.4 Å². The van der Waals surface area contributed by atoms with Gasteiger partial charge in [0.1, 0.15) is 5.78 Å². The molecule has 1 nitrogen and oxygen atoms in total. The molecular weight excluding hydrogens is 192 g/mol. The van der Waals surface area contributed by atoms with Crippen LogP contribution in [0.15, 0.2) is 0 Å². The Morgan fingerprint density at radius 3 is 2.30 bits per heavy atom. The zero-order valence-electron chi connectivity index (χ0n) is 6.91. The maximum Gasteiger partial charge on any atom is 0.148 e. The van der Waals surface area contributed by atoms with Crippen LogP contribution in [0.2, 0.25) is 0 Å². The van der Waals surface area contributed by atoms with E-state index in [2.05, 4.69) is 22.9 Å². The molecule has 0 N–H and O–H groups in total. The number of hydrogen-bond donors (Lipinski definition) is 0. The minimum atomic E-state index is -0.267. The van der Waals surface area contributed by atoms with Gasteiger partial charge in [-0.15, -0.1) is 0 Å². The highest BCUT2D eigenvalue weighted by molar-refractivity contribution is 9.10. The molecule has 0 aliphatic carbocycles. The molecule has 0 amide bonds. The molecule has 0 radical (unpaired) electrons. The molecule has 0 saturated heterocycles. The summed E-state index contributed by atoms with van der Waals surface area (Å²) in [7, 11) is 0. The molecule has 2 heteroatoms. The van der Waals surface area contributed by atoms with Crippen LogP contribution in [0.5, 0.6) is 0 Å². The van der Waals surface area contributed by atoms with Crippen molar-refractivity contribution in [3.05, 3.63) is 0 Å². The highest BCUT2D eigenvalue weighted by Crippen LogP contribution is 2.25. The van der Waals surface area contributed by atoms with Crippen LogP contribution in [0.3, 0.4) is 0 Å². The van der Waals surface area contributed by atoms with Crippen LogP contribution in [0, 0.1) is 0 Å². The lowest BCUT2D eigenvalue weighted by atomic mass is 9.99. The summed E-state index contributed by atoms with van der Waals surface area (Å²) in [5.74, 6) is 0.300. The van der Waals surface area contributed by atoms with Gasteiger partial charge < -0.3 is 0 Å². The molecule has 10 heavy (non-hydrogen) atoms. The van der Waals surface area contributed by atoms with E-state index in [1.54, 1.807) is 0 Å². The second kappa shape index (κ2) is 4.12. The van der Waals surface area contributed by atoms with E-state index in [1.165, 1.54) is 0 Å². The number of alkyl halides is 1. The number of ketones is 1. The Labute approximate surface area is 71.3 Å². The Morgan fingerprint density at radius 1 is 1.50 bits per heavy atom. The lowest BCUT2D eigenvalue weighted by molar-refractivity contribution is -0.120. The van der Waals surface area contributed by atoms with Crippen LogP contribution in [-0.4, -0.2) is 10.1 Å². The Kier molecular flexibility index (Phi) is 4.18. The van der Waals surface area contributed by atoms with E-state index in [0.717, 1.165) is 12.8 Å². The molecule has 0 spiro atoms. The van der Waals surface area contributed by atoms with E-state index in [9.17, 15) is 4.79 Å². The van der Waals surface area contributed by atoms with Gasteiger partial charge in [-0.3, -0.25) is 4.79 Å². The summed E-state index contributed by atoms with van der Waals surface area (Å²) < 4.78 is -0.267. The summed E-state index contributed by atoms with van der Waals surface area (Å²) in [6, 6.07) is 0. The van der Waals surface area contributed by atoms with Crippen LogP contribution < -0.4 is 0 Å². The Balaban J connectivity index is 3.96. The number of rotatable bonds is 4. The Bertz CT molecular complexity index is 118. The lowest BCUT2D eigenvalue weighted by Crippen LogP contribution is -2.26. The Morgan fingerprint density at radius 2 is 2.00 bits per heavy atom. The summed E-state index contributed by atoms with van der Waals surface area (Å²) in [6.45, 7) is 5.93. The van der Waals surface area contributed by atoms with Crippen LogP contribution in [-0.2, 0) is 4.79 Å². The maximum absolute atomic E-state index is 11.2. The summed E-state index contributed by atoms with van der Waals surface area (Å²) >= 11 is 3.42. The molecule has 1 atom stereocenters. The standard InChI is InChI=1S/C8H15BrO/c1-4-6-8(3,9)7(10)5-2/h4-6H2,1-3H3. The number of Topliss-reactive ketones (excluding diaryl/α,β-unsaturated/α-hetero) is 1. The quantitative estimate of drug-likeness (QED) is 0.647. The third-order valence-corrected chi connectivity index (χ3v) is 2.46. The van der Waals surface area contributed by atoms with Crippen LogP contribution in [0.25, 0.3) is 0 Å². The molecule has 0 aliphatic rings. The predicted octanol–water partition coefficient (Wildman–Crippen LogP) is 2.92. The molecule has 0 aromatic heterocycles. The molecule has 60 valence electrons. The molecule has 0 rings (SSSR count). The normalized spacial score (nSPS) is 16.4. The zero-order valence-corrected chi connectivity index (χ0v) is 8.49. The SMILES string of the molecule is CCCC(C)(Br)C(=O)CC. The van der Waals surface area contributed by atoms with E-state index >= 15 is 0 Å². The number of carbonyl (C=O) groups is 1. The molecule has 1 unspecified atom stereocenters. The fourth-order valence-electron chi connectivity index (χ4n) is 0.978. The summed E-state index contributed by atoms with van der Waals surface area (Å²) in [5.41, 5.74) is 0. The topological polar surface area (TPSA) is 17.1 Å². The van der Waals surface area contributed by atoms with Gasteiger partial charge in [0.15, 0.2) is 0 Å². The van der Waals surface area contributed by atoms with Crippen molar-refractivity contribution in [1.29, 1.82) is 0 Å². The zero-order chi connectivity index (χ0) is 8.20. The molecular formula is C8H15BrO. The largest absolute Gasteiger partial charge is 0.298 e. The van der Waals surface area contributed by atoms with Crippen LogP contribution >= 0.6 is 15.9 Å². The second-order valence-corrected chi connectivity index (χ2v) is 4.47. The van der Waals surface area contributed by atoms with Crippen molar-refractivity contribution < 1.29 is 4.79 Å². The molecule has 0 heterocycles. The minimum absolute atomic E-state index is 0.267. The molecule has 0 aromatic carbocycles. The minimum Gasteiger partial charge on any atom is -0.298 e. The molecule has 0 saturated carbocycles. The van der Waals surface area contributed by atoms with Crippen molar-refractivity contribution >= 4 is 21.7 Å². The number of carbonyl (C=O) groups excluding carboxylic acids is 1. The van der Waals surface area contributed by atoms with Crippen molar-refractivity contribution in [1.82, 2.24) is 0 Å². The smallest absolute Gasteiger partial charge is 0.148 e. The van der Waals surface area contributed by atoms with Gasteiger partial charge in [0.25, 0.3) is 0 Å². The average molecular weight is 207 g/mol. The first-order valence-corrected chi connectivity index (χ1v) is 4.56. The predicted molar refractivity (Wildman–Crippen MR) is 47.5 cm³/mol. The van der Waals surface area contributed by atoms with E-state index in [-0.39, 0.29) is 4.32 Å². The highest BCUT2D eigenvalue weighted by Gasteiger charge is 2.26. The third-order valence-electron chi connectivity index (χ3n) is 1.62. The van der Waals surface area contributed by atoms with Gasteiger partial charge in [-0.05, 0) is 13.3 Å². The van der Waals surface area contributed by atoms with Gasteiger partial charge in [-0.2, -0.15) is 0 Å². The van der Waals surface area contributed by atoms with Gasteiger partial charge in [-0.1, -0.05) is 36.2 Å². The van der Waals surface area contributed by atoms with Crippen molar-refractivity contribution in [3.8, 4) is 0 Å². The second-order valence-electron chi connectivity index (χ2n) is 2.72. The fourth-order valence-corrected chi connectivity index (χ4v) is 1.65. The van der Waals surface area contributed by atoms with Gasteiger partial charge in [-0.25, -0.2) is 0 Å². The van der Waals surface area contributed by atoms with E-state index in [0.29, 0.717) is 12.2 Å². The first-order valence-electron chi connectivity index (χ1n) is 3.76. The van der Waals surface area contributed by atoms with Gasteiger partial charge in [0, 0.05) is 6.42 Å². The fraction of sp³-hybridized carbons (Fsp3) is 0.875. The van der Waals surface area contributed by atoms with Gasteiger partial charge in [0.05, 0.1) is 4.32 Å². The van der Waals surface area contributed by atoms with Crippen molar-refractivity contribution in [2.24, 2.45) is 0 Å². The first kappa shape index (κ1) is 10.2. The van der Waals surface area contributed by atoms with Crippen LogP contribution in [0.4, 0.5) is 0 Å². The van der Waals surface area contributed by atoms with Crippen molar-refractivity contribution in [3.63, 3.8) is 0 Å². The van der Waals surface area contributed by atoms with Gasteiger partial charge in [0.2, 0.25) is 0 Å². The third kappa shape index (κ3) is 2.82. The monoisotopic (exact) mass is 206 g/mol. The lowest BCUT2D eigenvalue weighted by Gasteiger charge is -2.18. The van der Waals surface area contributed by atoms with E-state index in [4.69, 9.17) is 0 Å². The molecule has 0 aromatic rings. The molecule has 0 aliphatic heterocycles. The van der Waals surface area contributed by atoms with Crippen molar-refractivity contribution in [2.75, 3.05) is 0 Å². The molecule has 0 fully saturated rings. The summed E-state index contributed by atoms with van der Waals surface area (Å²) in [6.07, 6.45) is 2.61.